The van der Waals surface area contributed by atoms with E-state index in [1.807, 2.05) is 6.07 Å². The number of imidazole rings is 1. The summed E-state index contributed by atoms with van der Waals surface area (Å²) in [6, 6.07) is 7.04. The Hall–Kier alpha value is -2.19. The topological polar surface area (TPSA) is 84.3 Å². The van der Waals surface area contributed by atoms with E-state index in [4.69, 9.17) is 0 Å². The van der Waals surface area contributed by atoms with Crippen molar-refractivity contribution in [1.82, 2.24) is 19.2 Å². The summed E-state index contributed by atoms with van der Waals surface area (Å²) in [7, 11) is -0.428. The van der Waals surface area contributed by atoms with E-state index >= 15 is 0 Å². The van der Waals surface area contributed by atoms with E-state index in [9.17, 15) is 13.2 Å². The van der Waals surface area contributed by atoms with Crippen LogP contribution in [0.15, 0.2) is 41.8 Å². The van der Waals surface area contributed by atoms with Crippen molar-refractivity contribution in [2.45, 2.75) is 38.8 Å². The number of nitrogens with zero attached hydrogens (tertiary/aromatic N) is 3. The van der Waals surface area contributed by atoms with Crippen molar-refractivity contribution in [2.24, 2.45) is 18.9 Å². The molecule has 8 heteroatoms. The fourth-order valence-corrected chi connectivity index (χ4v) is 4.19. The van der Waals surface area contributed by atoms with E-state index in [0.29, 0.717) is 23.9 Å². The zero-order valence-corrected chi connectivity index (χ0v) is 18.0. The maximum atomic E-state index is 13.2. The Morgan fingerprint density at radius 2 is 2.00 bits per heavy atom. The number of nitrogens with one attached hydrogen (secondary N) is 1. The molecule has 1 atom stereocenters. The first-order valence-corrected chi connectivity index (χ1v) is 10.9. The number of rotatable bonds is 9. The molecule has 0 fully saturated rings. The van der Waals surface area contributed by atoms with Crippen LogP contribution in [0.25, 0.3) is 0 Å². The average Bonchev–Trinajstić information content (AvgIpc) is 3.11. The van der Waals surface area contributed by atoms with Gasteiger partial charge in [0.1, 0.15) is 0 Å². The molecule has 154 valence electrons. The molecule has 0 aliphatic carbocycles. The number of benzene rings is 1. The van der Waals surface area contributed by atoms with Crippen LogP contribution in [0.4, 0.5) is 0 Å². The Morgan fingerprint density at radius 1 is 1.29 bits per heavy atom. The molecule has 2 rings (SSSR count). The fourth-order valence-electron chi connectivity index (χ4n) is 2.78. The van der Waals surface area contributed by atoms with E-state index in [0.717, 1.165) is 12.0 Å². The molecule has 0 radical (unpaired) electrons. The minimum absolute atomic E-state index is 0.0367. The highest BCUT2D eigenvalue weighted by molar-refractivity contribution is 7.89. The van der Waals surface area contributed by atoms with Crippen molar-refractivity contribution in [3.8, 4) is 0 Å². The molecule has 0 saturated carbocycles. The van der Waals surface area contributed by atoms with Crippen molar-refractivity contribution < 1.29 is 13.2 Å². The molecule has 1 heterocycles. The van der Waals surface area contributed by atoms with Crippen LogP contribution in [0.5, 0.6) is 0 Å². The van der Waals surface area contributed by atoms with Gasteiger partial charge in [0.25, 0.3) is 15.9 Å². The third kappa shape index (κ3) is 5.42. The minimum Gasteiger partial charge on any atom is -0.355 e. The highest BCUT2D eigenvalue weighted by atomic mass is 32.2. The molecule has 1 aromatic heterocycles. The molecular weight excluding hydrogens is 376 g/mol. The van der Waals surface area contributed by atoms with Gasteiger partial charge < -0.3 is 9.88 Å². The number of sulfonamides is 1. The van der Waals surface area contributed by atoms with Gasteiger partial charge in [-0.2, -0.15) is 4.31 Å². The number of aryl methyl sites for hydroxylation is 1. The highest BCUT2D eigenvalue weighted by Crippen LogP contribution is 2.21. The minimum atomic E-state index is -3.74. The summed E-state index contributed by atoms with van der Waals surface area (Å²) in [5.41, 5.74) is 1.27. The molecular formula is C20H30N4O3S. The van der Waals surface area contributed by atoms with Crippen LogP contribution in [0.2, 0.25) is 0 Å². The zero-order valence-electron chi connectivity index (χ0n) is 17.2. The number of hydrogen-bond donors (Lipinski definition) is 1. The largest absolute Gasteiger partial charge is 0.355 e. The first kappa shape index (κ1) is 22.1. The van der Waals surface area contributed by atoms with Crippen molar-refractivity contribution in [3.05, 3.63) is 47.9 Å². The van der Waals surface area contributed by atoms with Gasteiger partial charge in [-0.25, -0.2) is 13.4 Å². The van der Waals surface area contributed by atoms with Crippen molar-refractivity contribution in [1.29, 1.82) is 0 Å². The predicted molar refractivity (Wildman–Crippen MR) is 109 cm³/mol. The van der Waals surface area contributed by atoms with E-state index in [1.165, 1.54) is 16.8 Å². The maximum Gasteiger partial charge on any atom is 0.262 e. The van der Waals surface area contributed by atoms with E-state index in [2.05, 4.69) is 31.1 Å². The summed E-state index contributed by atoms with van der Waals surface area (Å²) in [4.78, 5) is 15.9. The monoisotopic (exact) mass is 406 g/mol. The quantitative estimate of drug-likeness (QED) is 0.694. The van der Waals surface area contributed by atoms with Crippen LogP contribution in [0.3, 0.4) is 0 Å². The zero-order chi connectivity index (χ0) is 20.9. The molecule has 1 unspecified atom stereocenters. The van der Waals surface area contributed by atoms with Crippen molar-refractivity contribution in [3.63, 3.8) is 0 Å². The van der Waals surface area contributed by atoms with Gasteiger partial charge in [-0.15, -0.1) is 0 Å². The molecule has 1 aromatic carbocycles. The average molecular weight is 407 g/mol. The second kappa shape index (κ2) is 9.34. The normalized spacial score (nSPS) is 13.1. The molecule has 1 amide bonds. The number of amides is 1. The first-order valence-electron chi connectivity index (χ1n) is 9.44. The van der Waals surface area contributed by atoms with Crippen molar-refractivity contribution >= 4 is 15.9 Å². The van der Waals surface area contributed by atoms with Crippen LogP contribution in [-0.2, 0) is 23.6 Å². The summed E-state index contributed by atoms with van der Waals surface area (Å²) in [5.74, 6) is 0.657. The summed E-state index contributed by atoms with van der Waals surface area (Å²) in [6.45, 7) is 6.98. The summed E-state index contributed by atoms with van der Waals surface area (Å²) in [6.07, 6.45) is 3.74. The van der Waals surface area contributed by atoms with Crippen LogP contribution >= 0.6 is 0 Å². The smallest absolute Gasteiger partial charge is 0.262 e. The van der Waals surface area contributed by atoms with Gasteiger partial charge in [0.2, 0.25) is 0 Å². The first-order chi connectivity index (χ1) is 13.1. The number of aromatic nitrogens is 2. The maximum absolute atomic E-state index is 13.2. The Labute approximate surface area is 167 Å². The lowest BCUT2D eigenvalue weighted by molar-refractivity contribution is 0.0963. The van der Waals surface area contributed by atoms with Crippen LogP contribution < -0.4 is 5.32 Å². The molecule has 2 aromatic rings. The van der Waals surface area contributed by atoms with Crippen LogP contribution in [-0.4, -0.2) is 41.8 Å². The second-order valence-corrected chi connectivity index (χ2v) is 9.39. The molecule has 0 spiro atoms. The van der Waals surface area contributed by atoms with Gasteiger partial charge in [-0.3, -0.25) is 4.79 Å². The number of carbonyl (C=O) groups excluding carboxylic acids is 1. The second-order valence-electron chi connectivity index (χ2n) is 7.51. The molecule has 7 nitrogen and oxygen atoms in total. The van der Waals surface area contributed by atoms with Crippen LogP contribution in [0, 0.1) is 11.8 Å². The van der Waals surface area contributed by atoms with Crippen molar-refractivity contribution in [2.75, 3.05) is 13.6 Å². The van der Waals surface area contributed by atoms with Gasteiger partial charge in [-0.1, -0.05) is 32.9 Å². The Morgan fingerprint density at radius 3 is 2.57 bits per heavy atom. The Balaban J connectivity index is 2.32. The molecule has 0 aliphatic rings. The summed E-state index contributed by atoms with van der Waals surface area (Å²) >= 11 is 0. The summed E-state index contributed by atoms with van der Waals surface area (Å²) < 4.78 is 29.4. The van der Waals surface area contributed by atoms with Crippen LogP contribution in [0.1, 0.15) is 43.1 Å². The Bertz CT molecular complexity index is 906. The lowest BCUT2D eigenvalue weighted by Gasteiger charge is -2.24. The lowest BCUT2D eigenvalue weighted by Crippen LogP contribution is -2.33. The molecule has 0 saturated heterocycles. The van der Waals surface area contributed by atoms with E-state index in [-0.39, 0.29) is 17.5 Å². The number of hydrogen-bond acceptors (Lipinski definition) is 4. The third-order valence-electron chi connectivity index (χ3n) is 5.03. The lowest BCUT2D eigenvalue weighted by atomic mass is 9.95. The van der Waals surface area contributed by atoms with Gasteiger partial charge in [0.05, 0.1) is 6.33 Å². The highest BCUT2D eigenvalue weighted by Gasteiger charge is 2.27. The third-order valence-corrected chi connectivity index (χ3v) is 6.76. The predicted octanol–water partition coefficient (Wildman–Crippen LogP) is 2.65. The molecule has 28 heavy (non-hydrogen) atoms. The van der Waals surface area contributed by atoms with Gasteiger partial charge >= 0.3 is 0 Å². The summed E-state index contributed by atoms with van der Waals surface area (Å²) in [5, 5.41) is 2.63. The SMILES string of the molecule is CNC(=O)c1cccc(CN(CCC(C)C(C)C)S(=O)(=O)c2cn(C)cn2)c1. The fraction of sp³-hybridized carbons (Fsp3) is 0.500. The Kier molecular flexibility index (Phi) is 7.37. The molecule has 1 N–H and O–H groups in total. The van der Waals surface area contributed by atoms with Gasteiger partial charge in [0, 0.05) is 38.9 Å². The molecule has 0 bridgehead atoms. The van der Waals surface area contributed by atoms with E-state index in [1.54, 1.807) is 36.9 Å². The van der Waals surface area contributed by atoms with Gasteiger partial charge in [0.15, 0.2) is 5.03 Å². The standard InChI is InChI=1S/C20H30N4O3S/c1-15(2)16(3)9-10-24(28(26,27)19-13-23(5)14-22-19)12-17-7-6-8-18(11-17)20(25)21-4/h6-8,11,13-16H,9-10,12H2,1-5H3,(H,21,25). The number of carbonyl (C=O) groups is 1. The van der Waals surface area contributed by atoms with E-state index < -0.39 is 10.0 Å². The molecule has 0 aliphatic heterocycles. The van der Waals surface area contributed by atoms with Gasteiger partial charge in [-0.05, 0) is 36.0 Å².